The quantitative estimate of drug-likeness (QED) is 0.438. The molecule has 0 aromatic carbocycles. The van der Waals surface area contributed by atoms with Gasteiger partial charge in [-0.3, -0.25) is 9.69 Å². The van der Waals surface area contributed by atoms with Crippen LogP contribution in [0.4, 0.5) is 0 Å². The maximum Gasteiger partial charge on any atom is 0.213 e. The lowest BCUT2D eigenvalue weighted by molar-refractivity contribution is -0.165. The molecule has 0 aliphatic carbocycles. The van der Waals surface area contributed by atoms with E-state index in [-0.39, 0.29) is 12.5 Å². The molecule has 0 spiro atoms. The first-order valence-corrected chi connectivity index (χ1v) is 5.70. The zero-order valence-corrected chi connectivity index (χ0v) is 10.2. The summed E-state index contributed by atoms with van der Waals surface area (Å²) in [6, 6.07) is 0. The van der Waals surface area contributed by atoms with E-state index in [1.807, 2.05) is 27.7 Å². The van der Waals surface area contributed by atoms with Gasteiger partial charge in [-0.05, 0) is 26.7 Å². The van der Waals surface area contributed by atoms with Gasteiger partial charge >= 0.3 is 0 Å². The minimum absolute atomic E-state index is 0.177. The van der Waals surface area contributed by atoms with E-state index in [1.165, 1.54) is 0 Å². The van der Waals surface area contributed by atoms with Gasteiger partial charge in [0.25, 0.3) is 0 Å². The first kappa shape index (κ1) is 14.4. The smallest absolute Gasteiger partial charge is 0.213 e. The van der Waals surface area contributed by atoms with E-state index in [0.29, 0.717) is 13.2 Å². The van der Waals surface area contributed by atoms with E-state index in [1.54, 1.807) is 4.90 Å². The Morgan fingerprint density at radius 2 is 1.40 bits per heavy atom. The lowest BCUT2D eigenvalue weighted by Gasteiger charge is -2.33. The second-order valence-corrected chi connectivity index (χ2v) is 3.19. The van der Waals surface area contributed by atoms with Crippen LogP contribution in [0.25, 0.3) is 0 Å². The van der Waals surface area contributed by atoms with Crippen molar-refractivity contribution in [1.29, 1.82) is 0 Å². The summed E-state index contributed by atoms with van der Waals surface area (Å²) in [5.74, 6) is 0. The molecule has 0 saturated heterocycles. The van der Waals surface area contributed by atoms with Crippen LogP contribution in [-0.4, -0.2) is 37.0 Å². The van der Waals surface area contributed by atoms with Gasteiger partial charge in [-0.1, -0.05) is 13.8 Å². The van der Waals surface area contributed by atoms with Crippen molar-refractivity contribution in [2.45, 2.75) is 53.0 Å². The van der Waals surface area contributed by atoms with Gasteiger partial charge in [0.2, 0.25) is 6.41 Å². The Bertz CT molecular complexity index is 150. The molecule has 0 aromatic heterocycles. The molecule has 0 aromatic rings. The first-order valence-electron chi connectivity index (χ1n) is 5.70. The Morgan fingerprint density at radius 1 is 1.00 bits per heavy atom. The normalized spacial score (nSPS) is 14.7. The van der Waals surface area contributed by atoms with E-state index < -0.39 is 0 Å². The number of carbonyl (C=O) groups excluding carboxylic acids is 1. The number of nitrogens with zero attached hydrogens (tertiary/aromatic N) is 1. The standard InChI is InChI=1S/C11H23NO3/c1-5-10(14-7-3)12(9-13)11(6-2)15-8-4/h9-11H,5-8H2,1-4H3. The molecule has 2 unspecified atom stereocenters. The number of hydrogen-bond acceptors (Lipinski definition) is 3. The van der Waals surface area contributed by atoms with Crippen LogP contribution < -0.4 is 0 Å². The second kappa shape index (κ2) is 8.68. The van der Waals surface area contributed by atoms with Crippen molar-refractivity contribution in [3.63, 3.8) is 0 Å². The van der Waals surface area contributed by atoms with Crippen molar-refractivity contribution in [2.75, 3.05) is 13.2 Å². The van der Waals surface area contributed by atoms with Gasteiger partial charge < -0.3 is 9.47 Å². The molecule has 0 saturated carbocycles. The zero-order valence-electron chi connectivity index (χ0n) is 10.2. The van der Waals surface area contributed by atoms with Gasteiger partial charge in [-0.15, -0.1) is 0 Å². The van der Waals surface area contributed by atoms with Gasteiger partial charge in [0.1, 0.15) is 12.5 Å². The third-order valence-corrected chi connectivity index (χ3v) is 2.20. The molecule has 4 heteroatoms. The summed E-state index contributed by atoms with van der Waals surface area (Å²) in [6.07, 6.45) is 2.01. The summed E-state index contributed by atoms with van der Waals surface area (Å²) in [6.45, 7) is 9.04. The Labute approximate surface area is 92.5 Å². The highest BCUT2D eigenvalue weighted by Crippen LogP contribution is 2.12. The fourth-order valence-corrected chi connectivity index (χ4v) is 1.54. The number of rotatable bonds is 9. The van der Waals surface area contributed by atoms with Crippen LogP contribution in [-0.2, 0) is 14.3 Å². The van der Waals surface area contributed by atoms with Crippen LogP contribution in [0.5, 0.6) is 0 Å². The fourth-order valence-electron chi connectivity index (χ4n) is 1.54. The second-order valence-electron chi connectivity index (χ2n) is 3.19. The first-order chi connectivity index (χ1) is 7.24. The molecule has 0 radical (unpaired) electrons. The average molecular weight is 217 g/mol. The number of amides is 1. The van der Waals surface area contributed by atoms with Crippen molar-refractivity contribution in [3.05, 3.63) is 0 Å². The van der Waals surface area contributed by atoms with Crippen molar-refractivity contribution in [2.24, 2.45) is 0 Å². The van der Waals surface area contributed by atoms with E-state index >= 15 is 0 Å². The highest BCUT2D eigenvalue weighted by molar-refractivity contribution is 5.47. The largest absolute Gasteiger partial charge is 0.359 e. The summed E-state index contributed by atoms with van der Waals surface area (Å²) in [5, 5.41) is 0. The van der Waals surface area contributed by atoms with Crippen molar-refractivity contribution in [3.8, 4) is 0 Å². The topological polar surface area (TPSA) is 38.8 Å². The fraction of sp³-hybridized carbons (Fsp3) is 0.909. The molecular formula is C11H23NO3. The average Bonchev–Trinajstić information content (AvgIpc) is 2.27. The minimum atomic E-state index is -0.177. The van der Waals surface area contributed by atoms with Crippen LogP contribution in [0.2, 0.25) is 0 Å². The number of hydrogen-bond donors (Lipinski definition) is 0. The molecule has 0 fully saturated rings. The Kier molecular flexibility index (Phi) is 8.33. The maximum atomic E-state index is 11.0. The molecule has 15 heavy (non-hydrogen) atoms. The van der Waals surface area contributed by atoms with Gasteiger partial charge in [0, 0.05) is 13.2 Å². The van der Waals surface area contributed by atoms with E-state index in [4.69, 9.17) is 9.47 Å². The molecule has 4 nitrogen and oxygen atoms in total. The van der Waals surface area contributed by atoms with Gasteiger partial charge in [0.15, 0.2) is 0 Å². The van der Waals surface area contributed by atoms with Crippen molar-refractivity contribution < 1.29 is 14.3 Å². The number of ether oxygens (including phenoxy) is 2. The zero-order chi connectivity index (χ0) is 11.7. The summed E-state index contributed by atoms with van der Waals surface area (Å²) < 4.78 is 11.0. The van der Waals surface area contributed by atoms with Crippen LogP contribution in [0, 0.1) is 0 Å². The highest BCUT2D eigenvalue weighted by Gasteiger charge is 2.22. The summed E-state index contributed by atoms with van der Waals surface area (Å²) >= 11 is 0. The molecule has 0 N–H and O–H groups in total. The summed E-state index contributed by atoms with van der Waals surface area (Å²) in [7, 11) is 0. The predicted molar refractivity (Wildman–Crippen MR) is 59.3 cm³/mol. The van der Waals surface area contributed by atoms with Gasteiger partial charge in [-0.2, -0.15) is 0 Å². The Balaban J connectivity index is 4.44. The molecular weight excluding hydrogens is 194 g/mol. The summed E-state index contributed by atoms with van der Waals surface area (Å²) in [5.41, 5.74) is 0. The molecule has 0 aliphatic heterocycles. The van der Waals surface area contributed by atoms with E-state index in [9.17, 15) is 4.79 Å². The molecule has 0 rings (SSSR count). The molecule has 0 bridgehead atoms. The third-order valence-electron chi connectivity index (χ3n) is 2.20. The maximum absolute atomic E-state index is 11.0. The van der Waals surface area contributed by atoms with Crippen LogP contribution in [0.15, 0.2) is 0 Å². The highest BCUT2D eigenvalue weighted by atomic mass is 16.5. The monoisotopic (exact) mass is 217 g/mol. The molecule has 90 valence electrons. The lowest BCUT2D eigenvalue weighted by Crippen LogP contribution is -2.44. The van der Waals surface area contributed by atoms with E-state index in [0.717, 1.165) is 19.3 Å². The van der Waals surface area contributed by atoms with Crippen LogP contribution >= 0.6 is 0 Å². The third kappa shape index (κ3) is 4.62. The molecule has 0 heterocycles. The predicted octanol–water partition coefficient (Wildman–Crippen LogP) is 1.99. The van der Waals surface area contributed by atoms with Gasteiger partial charge in [-0.25, -0.2) is 0 Å². The molecule has 1 amide bonds. The van der Waals surface area contributed by atoms with Crippen molar-refractivity contribution in [1.82, 2.24) is 4.90 Å². The van der Waals surface area contributed by atoms with E-state index in [2.05, 4.69) is 0 Å². The lowest BCUT2D eigenvalue weighted by atomic mass is 10.3. The minimum Gasteiger partial charge on any atom is -0.359 e. The Hall–Kier alpha value is -0.610. The number of carbonyl (C=O) groups is 1. The van der Waals surface area contributed by atoms with Crippen LogP contribution in [0.3, 0.4) is 0 Å². The molecule has 0 aliphatic rings. The van der Waals surface area contributed by atoms with Gasteiger partial charge in [0.05, 0.1) is 0 Å². The summed E-state index contributed by atoms with van der Waals surface area (Å²) in [4.78, 5) is 12.6. The SMILES string of the molecule is CCOC(CC)N(C=O)C(CC)OCC. The van der Waals surface area contributed by atoms with Crippen molar-refractivity contribution >= 4 is 6.41 Å². The molecule has 2 atom stereocenters. The Morgan fingerprint density at radius 3 is 1.60 bits per heavy atom. The van der Waals surface area contributed by atoms with Crippen LogP contribution in [0.1, 0.15) is 40.5 Å².